The van der Waals surface area contributed by atoms with Crippen molar-refractivity contribution in [1.29, 1.82) is 0 Å². The van der Waals surface area contributed by atoms with E-state index >= 15 is 0 Å². The van der Waals surface area contributed by atoms with Crippen molar-refractivity contribution in [3.63, 3.8) is 0 Å². The van der Waals surface area contributed by atoms with Gasteiger partial charge in [0, 0.05) is 17.9 Å². The van der Waals surface area contributed by atoms with Gasteiger partial charge < -0.3 is 15.0 Å². The van der Waals surface area contributed by atoms with E-state index in [0.29, 0.717) is 18.9 Å². The van der Waals surface area contributed by atoms with Crippen LogP contribution in [0.25, 0.3) is 0 Å². The first-order valence-corrected chi connectivity index (χ1v) is 8.47. The van der Waals surface area contributed by atoms with Crippen LogP contribution in [0.5, 0.6) is 0 Å². The molecule has 1 aliphatic heterocycles. The summed E-state index contributed by atoms with van der Waals surface area (Å²) in [5.74, 6) is -1.21. The number of hydrogen-bond acceptors (Lipinski definition) is 3. The van der Waals surface area contributed by atoms with Gasteiger partial charge in [0.25, 0.3) is 5.91 Å². The first kappa shape index (κ1) is 17.7. The Labute approximate surface area is 151 Å². The third-order valence-electron chi connectivity index (χ3n) is 4.27. The van der Waals surface area contributed by atoms with Crippen LogP contribution in [0, 0.1) is 5.82 Å². The maximum atomic E-state index is 13.8. The van der Waals surface area contributed by atoms with E-state index in [1.54, 1.807) is 12.1 Å². The average molecular weight is 363 g/mol. The van der Waals surface area contributed by atoms with Gasteiger partial charge in [-0.2, -0.15) is 0 Å². The van der Waals surface area contributed by atoms with Crippen molar-refractivity contribution in [2.75, 3.05) is 30.0 Å². The number of nitrogens with zero attached hydrogens (tertiary/aromatic N) is 1. The lowest BCUT2D eigenvalue weighted by Gasteiger charge is -2.43. The molecule has 0 aliphatic carbocycles. The first-order chi connectivity index (χ1) is 11.9. The molecule has 2 aromatic rings. The topological polar surface area (TPSA) is 41.6 Å². The minimum atomic E-state index is -0.642. The summed E-state index contributed by atoms with van der Waals surface area (Å²) in [6.45, 7) is 6.42. The molecule has 3 rings (SSSR count). The summed E-state index contributed by atoms with van der Waals surface area (Å²) in [4.78, 5) is 14.6. The van der Waals surface area contributed by atoms with E-state index in [1.165, 1.54) is 18.2 Å². The molecule has 1 aliphatic rings. The van der Waals surface area contributed by atoms with Gasteiger partial charge in [0.1, 0.15) is 5.82 Å². The Bertz CT molecular complexity index is 757. The Morgan fingerprint density at radius 1 is 1.24 bits per heavy atom. The quantitative estimate of drug-likeness (QED) is 0.882. The Hall–Kier alpha value is -2.11. The molecule has 0 atom stereocenters. The molecule has 1 saturated heterocycles. The molecule has 1 heterocycles. The number of hydrogen-bond donors (Lipinski definition) is 1. The molecule has 1 N–H and O–H groups in total. The summed E-state index contributed by atoms with van der Waals surface area (Å²) in [5, 5.41) is 2.77. The molecule has 0 aromatic heterocycles. The number of rotatable bonds is 3. The van der Waals surface area contributed by atoms with Gasteiger partial charge in [-0.25, -0.2) is 4.39 Å². The lowest BCUT2D eigenvalue weighted by molar-refractivity contribution is 0.0644. The zero-order valence-corrected chi connectivity index (χ0v) is 14.9. The number of benzene rings is 2. The molecule has 0 radical (unpaired) electrons. The van der Waals surface area contributed by atoms with Gasteiger partial charge >= 0.3 is 0 Å². The standard InChI is InChI=1S/C19H20ClFN2O2/c1-19(2)12-25-11-10-23(19)14-8-6-13(7-9-14)22-18(24)17-15(20)4-3-5-16(17)21/h3-9H,10-12H2,1-2H3,(H,22,24). The summed E-state index contributed by atoms with van der Waals surface area (Å²) in [7, 11) is 0. The molecule has 0 spiro atoms. The smallest absolute Gasteiger partial charge is 0.260 e. The maximum Gasteiger partial charge on any atom is 0.260 e. The molecule has 6 heteroatoms. The monoisotopic (exact) mass is 362 g/mol. The van der Waals surface area contributed by atoms with Crippen molar-refractivity contribution in [3.05, 3.63) is 58.9 Å². The second-order valence-corrected chi connectivity index (χ2v) is 7.02. The predicted octanol–water partition coefficient (Wildman–Crippen LogP) is 4.35. The highest BCUT2D eigenvalue weighted by molar-refractivity contribution is 6.34. The molecule has 4 nitrogen and oxygen atoms in total. The maximum absolute atomic E-state index is 13.8. The number of anilines is 2. The first-order valence-electron chi connectivity index (χ1n) is 8.09. The van der Waals surface area contributed by atoms with E-state index in [1.807, 2.05) is 12.1 Å². The lowest BCUT2D eigenvalue weighted by atomic mass is 10.0. The fourth-order valence-electron chi connectivity index (χ4n) is 2.97. The van der Waals surface area contributed by atoms with E-state index in [4.69, 9.17) is 16.3 Å². The SMILES string of the molecule is CC1(C)COCCN1c1ccc(NC(=O)c2c(F)cccc2Cl)cc1. The molecular formula is C19H20ClFN2O2. The van der Waals surface area contributed by atoms with Crippen molar-refractivity contribution in [1.82, 2.24) is 0 Å². The van der Waals surface area contributed by atoms with E-state index in [2.05, 4.69) is 24.1 Å². The highest BCUT2D eigenvalue weighted by Gasteiger charge is 2.30. The Morgan fingerprint density at radius 3 is 2.60 bits per heavy atom. The predicted molar refractivity (Wildman–Crippen MR) is 98.0 cm³/mol. The van der Waals surface area contributed by atoms with Gasteiger partial charge in [-0.1, -0.05) is 17.7 Å². The third kappa shape index (κ3) is 3.78. The number of carbonyl (C=O) groups excluding carboxylic acids is 1. The normalized spacial score (nSPS) is 16.6. The third-order valence-corrected chi connectivity index (χ3v) is 4.59. The molecule has 25 heavy (non-hydrogen) atoms. The molecule has 0 unspecified atom stereocenters. The number of halogens is 2. The van der Waals surface area contributed by atoms with Crippen LogP contribution in [0.15, 0.2) is 42.5 Å². The van der Waals surface area contributed by atoms with E-state index in [-0.39, 0.29) is 16.1 Å². The highest BCUT2D eigenvalue weighted by Crippen LogP contribution is 2.28. The molecule has 1 fully saturated rings. The zero-order chi connectivity index (χ0) is 18.0. The average Bonchev–Trinajstić information content (AvgIpc) is 2.55. The van der Waals surface area contributed by atoms with Crippen LogP contribution in [0.1, 0.15) is 24.2 Å². The molecule has 1 amide bonds. The van der Waals surface area contributed by atoms with Gasteiger partial charge in [0.15, 0.2) is 0 Å². The second kappa shape index (κ2) is 7.02. The summed E-state index contributed by atoms with van der Waals surface area (Å²) in [6.07, 6.45) is 0. The number of amides is 1. The van der Waals surface area contributed by atoms with E-state index in [0.717, 1.165) is 12.2 Å². The van der Waals surface area contributed by atoms with Gasteiger partial charge in [-0.15, -0.1) is 0 Å². The minimum absolute atomic E-state index is 0.0872. The Morgan fingerprint density at radius 2 is 1.96 bits per heavy atom. The van der Waals surface area contributed by atoms with Crippen LogP contribution in [-0.2, 0) is 4.74 Å². The van der Waals surface area contributed by atoms with E-state index < -0.39 is 11.7 Å². The fourth-order valence-corrected chi connectivity index (χ4v) is 3.22. The Balaban J connectivity index is 1.76. The molecule has 0 bridgehead atoms. The largest absolute Gasteiger partial charge is 0.377 e. The van der Waals surface area contributed by atoms with Crippen molar-refractivity contribution in [2.45, 2.75) is 19.4 Å². The summed E-state index contributed by atoms with van der Waals surface area (Å²) < 4.78 is 19.4. The molecule has 132 valence electrons. The fraction of sp³-hybridized carbons (Fsp3) is 0.316. The number of nitrogens with one attached hydrogen (secondary N) is 1. The van der Waals surface area contributed by atoms with Crippen LogP contribution in [-0.4, -0.2) is 31.2 Å². The molecule has 0 saturated carbocycles. The van der Waals surface area contributed by atoms with Gasteiger partial charge in [0.05, 0.1) is 29.3 Å². The lowest BCUT2D eigenvalue weighted by Crippen LogP contribution is -2.53. The van der Waals surface area contributed by atoms with Crippen LogP contribution in [0.4, 0.5) is 15.8 Å². The van der Waals surface area contributed by atoms with Crippen molar-refractivity contribution >= 4 is 28.9 Å². The summed E-state index contributed by atoms with van der Waals surface area (Å²) >= 11 is 5.93. The minimum Gasteiger partial charge on any atom is -0.377 e. The number of carbonyl (C=O) groups is 1. The van der Waals surface area contributed by atoms with Crippen LogP contribution in [0.3, 0.4) is 0 Å². The summed E-state index contributed by atoms with van der Waals surface area (Å²) in [5.41, 5.74) is 1.39. The Kier molecular flexibility index (Phi) is 4.97. The van der Waals surface area contributed by atoms with Crippen molar-refractivity contribution < 1.29 is 13.9 Å². The van der Waals surface area contributed by atoms with Crippen molar-refractivity contribution in [2.24, 2.45) is 0 Å². The molecular weight excluding hydrogens is 343 g/mol. The van der Waals surface area contributed by atoms with Crippen molar-refractivity contribution in [3.8, 4) is 0 Å². The van der Waals surface area contributed by atoms with Gasteiger partial charge in [-0.05, 0) is 50.2 Å². The number of ether oxygens (including phenoxy) is 1. The number of morpholine rings is 1. The van der Waals surface area contributed by atoms with Gasteiger partial charge in [-0.3, -0.25) is 4.79 Å². The highest BCUT2D eigenvalue weighted by atomic mass is 35.5. The van der Waals surface area contributed by atoms with E-state index in [9.17, 15) is 9.18 Å². The second-order valence-electron chi connectivity index (χ2n) is 6.61. The molecule has 2 aromatic carbocycles. The summed E-state index contributed by atoms with van der Waals surface area (Å²) in [6, 6.07) is 11.6. The van der Waals surface area contributed by atoms with Crippen LogP contribution in [0.2, 0.25) is 5.02 Å². The zero-order valence-electron chi connectivity index (χ0n) is 14.2. The van der Waals surface area contributed by atoms with Gasteiger partial charge in [0.2, 0.25) is 0 Å². The van der Waals surface area contributed by atoms with Crippen LogP contribution >= 0.6 is 11.6 Å². The van der Waals surface area contributed by atoms with Crippen LogP contribution < -0.4 is 10.2 Å².